The first-order valence-corrected chi connectivity index (χ1v) is 6.29. The summed E-state index contributed by atoms with van der Waals surface area (Å²) < 4.78 is 16.5. The molecule has 96 valence electrons. The molecule has 4 nitrogen and oxygen atoms in total. The van der Waals surface area contributed by atoms with Gasteiger partial charge in [-0.25, -0.2) is 0 Å². The maximum Gasteiger partial charge on any atom is 0.0991 e. The van der Waals surface area contributed by atoms with Gasteiger partial charge in [0, 0.05) is 19.8 Å². The van der Waals surface area contributed by atoms with E-state index in [9.17, 15) is 0 Å². The molecule has 4 heteroatoms. The highest BCUT2D eigenvalue weighted by Gasteiger charge is 2.42. The van der Waals surface area contributed by atoms with Crippen molar-refractivity contribution in [3.8, 4) is 0 Å². The van der Waals surface area contributed by atoms with Crippen LogP contribution in [-0.2, 0) is 14.2 Å². The Labute approximate surface area is 98.6 Å². The normalized spacial score (nSPS) is 29.1. The minimum absolute atomic E-state index is 0.196. The molecular formula is C12H25NO3. The van der Waals surface area contributed by atoms with Gasteiger partial charge < -0.3 is 19.5 Å². The SMILES string of the molecule is CCCOC1CC(NCC)C1OCCOC. The van der Waals surface area contributed by atoms with Crippen LogP contribution in [0.4, 0.5) is 0 Å². The van der Waals surface area contributed by atoms with E-state index in [0.717, 1.165) is 26.0 Å². The van der Waals surface area contributed by atoms with E-state index in [0.29, 0.717) is 19.3 Å². The van der Waals surface area contributed by atoms with E-state index < -0.39 is 0 Å². The van der Waals surface area contributed by atoms with E-state index in [4.69, 9.17) is 14.2 Å². The molecule has 1 aliphatic rings. The van der Waals surface area contributed by atoms with Gasteiger partial charge >= 0.3 is 0 Å². The summed E-state index contributed by atoms with van der Waals surface area (Å²) in [5.41, 5.74) is 0. The predicted octanol–water partition coefficient (Wildman–Crippen LogP) is 1.19. The van der Waals surface area contributed by atoms with E-state index in [2.05, 4.69) is 19.2 Å². The van der Waals surface area contributed by atoms with Crippen molar-refractivity contribution in [3.05, 3.63) is 0 Å². The van der Waals surface area contributed by atoms with Crippen LogP contribution in [-0.4, -0.2) is 51.7 Å². The summed E-state index contributed by atoms with van der Waals surface area (Å²) in [7, 11) is 1.69. The molecular weight excluding hydrogens is 206 g/mol. The summed E-state index contributed by atoms with van der Waals surface area (Å²) in [5, 5.41) is 3.42. The van der Waals surface area contributed by atoms with Gasteiger partial charge in [0.25, 0.3) is 0 Å². The van der Waals surface area contributed by atoms with Crippen molar-refractivity contribution < 1.29 is 14.2 Å². The Bertz CT molecular complexity index is 178. The number of nitrogens with one attached hydrogen (secondary N) is 1. The van der Waals surface area contributed by atoms with Gasteiger partial charge in [0.2, 0.25) is 0 Å². The van der Waals surface area contributed by atoms with Crippen molar-refractivity contribution in [2.75, 3.05) is 33.5 Å². The average Bonchev–Trinajstić information content (AvgIpc) is 2.28. The third-order valence-electron chi connectivity index (χ3n) is 2.85. The van der Waals surface area contributed by atoms with Crippen molar-refractivity contribution in [1.29, 1.82) is 0 Å². The summed E-state index contributed by atoms with van der Waals surface area (Å²) in [4.78, 5) is 0. The van der Waals surface area contributed by atoms with Crippen LogP contribution >= 0.6 is 0 Å². The summed E-state index contributed by atoms with van der Waals surface area (Å²) in [6, 6.07) is 0.448. The quantitative estimate of drug-likeness (QED) is 0.605. The average molecular weight is 231 g/mol. The lowest BCUT2D eigenvalue weighted by molar-refractivity contribution is -0.151. The Morgan fingerprint density at radius 1 is 1.12 bits per heavy atom. The summed E-state index contributed by atoms with van der Waals surface area (Å²) in [6.45, 7) is 7.35. The largest absolute Gasteiger partial charge is 0.382 e. The fraction of sp³-hybridized carbons (Fsp3) is 1.00. The van der Waals surface area contributed by atoms with Crippen molar-refractivity contribution in [1.82, 2.24) is 5.32 Å². The van der Waals surface area contributed by atoms with Crippen LogP contribution in [0.3, 0.4) is 0 Å². The number of ether oxygens (including phenoxy) is 3. The van der Waals surface area contributed by atoms with Gasteiger partial charge in [0.1, 0.15) is 0 Å². The first kappa shape index (κ1) is 13.9. The molecule has 0 spiro atoms. The molecule has 1 rings (SSSR count). The monoisotopic (exact) mass is 231 g/mol. The third kappa shape index (κ3) is 4.01. The summed E-state index contributed by atoms with van der Waals surface area (Å²) in [6.07, 6.45) is 2.58. The maximum atomic E-state index is 5.78. The number of hydrogen-bond donors (Lipinski definition) is 1. The van der Waals surface area contributed by atoms with Crippen LogP contribution in [0.5, 0.6) is 0 Å². The fourth-order valence-electron chi connectivity index (χ4n) is 1.97. The molecule has 0 saturated heterocycles. The first-order chi connectivity index (χ1) is 7.83. The molecule has 0 aromatic carbocycles. The topological polar surface area (TPSA) is 39.7 Å². The van der Waals surface area contributed by atoms with Crippen LogP contribution in [0.15, 0.2) is 0 Å². The van der Waals surface area contributed by atoms with Gasteiger partial charge in [-0.05, 0) is 19.4 Å². The second kappa shape index (κ2) is 8.01. The van der Waals surface area contributed by atoms with E-state index in [-0.39, 0.29) is 12.2 Å². The molecule has 0 aromatic rings. The molecule has 0 radical (unpaired) electrons. The van der Waals surface area contributed by atoms with Gasteiger partial charge in [0.15, 0.2) is 0 Å². The van der Waals surface area contributed by atoms with Gasteiger partial charge in [-0.1, -0.05) is 13.8 Å². The van der Waals surface area contributed by atoms with Crippen LogP contribution in [0, 0.1) is 0 Å². The van der Waals surface area contributed by atoms with E-state index in [1.54, 1.807) is 7.11 Å². The Morgan fingerprint density at radius 2 is 1.94 bits per heavy atom. The lowest BCUT2D eigenvalue weighted by Crippen LogP contribution is -2.60. The van der Waals surface area contributed by atoms with Crippen LogP contribution in [0.25, 0.3) is 0 Å². The Hall–Kier alpha value is -0.160. The Morgan fingerprint density at radius 3 is 2.56 bits per heavy atom. The van der Waals surface area contributed by atoms with Gasteiger partial charge in [0.05, 0.1) is 25.4 Å². The van der Waals surface area contributed by atoms with Gasteiger partial charge in [-0.2, -0.15) is 0 Å². The molecule has 3 unspecified atom stereocenters. The van der Waals surface area contributed by atoms with Crippen LogP contribution in [0.1, 0.15) is 26.7 Å². The number of hydrogen-bond acceptors (Lipinski definition) is 4. The lowest BCUT2D eigenvalue weighted by atomic mass is 9.85. The fourth-order valence-corrected chi connectivity index (χ4v) is 1.97. The summed E-state index contributed by atoms with van der Waals surface area (Å²) in [5.74, 6) is 0. The molecule has 1 saturated carbocycles. The zero-order chi connectivity index (χ0) is 11.8. The van der Waals surface area contributed by atoms with Gasteiger partial charge in [-0.15, -0.1) is 0 Å². The molecule has 3 atom stereocenters. The Balaban J connectivity index is 2.24. The Kier molecular flexibility index (Phi) is 6.96. The molecule has 0 bridgehead atoms. The van der Waals surface area contributed by atoms with Gasteiger partial charge in [-0.3, -0.25) is 0 Å². The minimum Gasteiger partial charge on any atom is -0.382 e. The molecule has 0 amide bonds. The highest BCUT2D eigenvalue weighted by molar-refractivity contribution is 4.97. The van der Waals surface area contributed by atoms with E-state index in [1.807, 2.05) is 0 Å². The molecule has 0 heterocycles. The summed E-state index contributed by atoms with van der Waals surface area (Å²) >= 11 is 0. The molecule has 1 N–H and O–H groups in total. The molecule has 16 heavy (non-hydrogen) atoms. The first-order valence-electron chi connectivity index (χ1n) is 6.29. The van der Waals surface area contributed by atoms with Crippen LogP contribution < -0.4 is 5.32 Å². The molecule has 0 aromatic heterocycles. The second-order valence-electron chi connectivity index (χ2n) is 4.14. The zero-order valence-electron chi connectivity index (χ0n) is 10.7. The zero-order valence-corrected chi connectivity index (χ0v) is 10.7. The predicted molar refractivity (Wildman–Crippen MR) is 63.7 cm³/mol. The van der Waals surface area contributed by atoms with Crippen LogP contribution in [0.2, 0.25) is 0 Å². The molecule has 0 aliphatic heterocycles. The van der Waals surface area contributed by atoms with Crippen molar-refractivity contribution in [3.63, 3.8) is 0 Å². The highest BCUT2D eigenvalue weighted by atomic mass is 16.6. The van der Waals surface area contributed by atoms with E-state index >= 15 is 0 Å². The number of methoxy groups -OCH3 is 1. The number of rotatable bonds is 9. The van der Waals surface area contributed by atoms with Crippen molar-refractivity contribution in [2.45, 2.75) is 44.9 Å². The van der Waals surface area contributed by atoms with Crippen molar-refractivity contribution in [2.24, 2.45) is 0 Å². The van der Waals surface area contributed by atoms with E-state index in [1.165, 1.54) is 0 Å². The molecule has 1 fully saturated rings. The highest BCUT2D eigenvalue weighted by Crippen LogP contribution is 2.27. The lowest BCUT2D eigenvalue weighted by Gasteiger charge is -2.44. The smallest absolute Gasteiger partial charge is 0.0991 e. The minimum atomic E-state index is 0.196. The molecule has 1 aliphatic carbocycles. The van der Waals surface area contributed by atoms with Crippen molar-refractivity contribution >= 4 is 0 Å². The standard InChI is InChI=1S/C12H25NO3/c1-4-6-15-11-9-10(13-5-2)12(11)16-8-7-14-3/h10-13H,4-9H2,1-3H3. The number of likely N-dealkylation sites (N-methyl/N-ethyl adjacent to an activating group) is 1. The second-order valence-corrected chi connectivity index (χ2v) is 4.14. The third-order valence-corrected chi connectivity index (χ3v) is 2.85. The maximum absolute atomic E-state index is 5.78.